The van der Waals surface area contributed by atoms with Crippen molar-refractivity contribution in [1.29, 1.82) is 0 Å². The molecular weight excluding hydrogens is 232 g/mol. The van der Waals surface area contributed by atoms with E-state index in [0.717, 1.165) is 24.3 Å². The van der Waals surface area contributed by atoms with Crippen LogP contribution in [0.25, 0.3) is 0 Å². The average Bonchev–Trinajstić information content (AvgIpc) is 2.27. The highest BCUT2D eigenvalue weighted by Crippen LogP contribution is 2.24. The highest BCUT2D eigenvalue weighted by atomic mass is 35.5. The maximum Gasteiger partial charge on any atom is 0.225 e. The van der Waals surface area contributed by atoms with Crippen LogP contribution in [0.3, 0.4) is 0 Å². The van der Waals surface area contributed by atoms with Gasteiger partial charge in [0.05, 0.1) is 0 Å². The van der Waals surface area contributed by atoms with Gasteiger partial charge in [-0.15, -0.1) is 12.4 Å². The molecule has 0 aromatic rings. The SMILES string of the molecule is CC(CN)N(C)C(=O)C1CCSCC1.Cl. The molecular formula is C10H21ClN2OS. The predicted octanol–water partition coefficient (Wildman–Crippen LogP) is 1.36. The minimum absolute atomic E-state index is 0. The zero-order chi connectivity index (χ0) is 10.6. The van der Waals surface area contributed by atoms with Crippen molar-refractivity contribution in [3.63, 3.8) is 0 Å². The summed E-state index contributed by atoms with van der Waals surface area (Å²) < 4.78 is 0. The van der Waals surface area contributed by atoms with Crippen LogP contribution in [0.15, 0.2) is 0 Å². The Balaban J connectivity index is 0.00000196. The average molecular weight is 253 g/mol. The third kappa shape index (κ3) is 4.21. The second-order valence-corrected chi connectivity index (χ2v) is 5.15. The third-order valence-corrected chi connectivity index (χ3v) is 3.97. The Morgan fingerprint density at radius 1 is 1.53 bits per heavy atom. The van der Waals surface area contributed by atoms with Crippen molar-refractivity contribution in [2.75, 3.05) is 25.1 Å². The number of halogens is 1. The molecule has 1 unspecified atom stereocenters. The molecule has 3 nitrogen and oxygen atoms in total. The van der Waals surface area contributed by atoms with Gasteiger partial charge in [0.15, 0.2) is 0 Å². The van der Waals surface area contributed by atoms with Gasteiger partial charge in [0.25, 0.3) is 0 Å². The first-order valence-electron chi connectivity index (χ1n) is 5.21. The summed E-state index contributed by atoms with van der Waals surface area (Å²) in [5.41, 5.74) is 5.54. The van der Waals surface area contributed by atoms with E-state index in [0.29, 0.717) is 6.54 Å². The number of carbonyl (C=O) groups excluding carboxylic acids is 1. The summed E-state index contributed by atoms with van der Waals surface area (Å²) >= 11 is 1.95. The van der Waals surface area contributed by atoms with Crippen LogP contribution in [-0.4, -0.2) is 41.9 Å². The molecule has 1 fully saturated rings. The fraction of sp³-hybridized carbons (Fsp3) is 0.900. The molecule has 1 aliphatic rings. The van der Waals surface area contributed by atoms with Crippen LogP contribution in [0.4, 0.5) is 0 Å². The second-order valence-electron chi connectivity index (χ2n) is 3.92. The van der Waals surface area contributed by atoms with Crippen molar-refractivity contribution < 1.29 is 4.79 Å². The molecule has 5 heteroatoms. The fourth-order valence-corrected chi connectivity index (χ4v) is 2.71. The molecule has 15 heavy (non-hydrogen) atoms. The summed E-state index contributed by atoms with van der Waals surface area (Å²) in [5, 5.41) is 0. The lowest BCUT2D eigenvalue weighted by Crippen LogP contribution is -2.43. The smallest absolute Gasteiger partial charge is 0.225 e. The highest BCUT2D eigenvalue weighted by molar-refractivity contribution is 7.99. The Labute approximate surface area is 103 Å². The Morgan fingerprint density at radius 3 is 2.53 bits per heavy atom. The number of hydrogen-bond donors (Lipinski definition) is 1. The van der Waals surface area contributed by atoms with Gasteiger partial charge < -0.3 is 10.6 Å². The molecule has 1 amide bonds. The number of amides is 1. The van der Waals surface area contributed by atoms with E-state index in [1.165, 1.54) is 0 Å². The summed E-state index contributed by atoms with van der Waals surface area (Å²) in [7, 11) is 1.86. The number of likely N-dealkylation sites (N-methyl/N-ethyl adjacent to an activating group) is 1. The van der Waals surface area contributed by atoms with Crippen molar-refractivity contribution in [1.82, 2.24) is 4.90 Å². The lowest BCUT2D eigenvalue weighted by Gasteiger charge is -2.29. The largest absolute Gasteiger partial charge is 0.342 e. The Kier molecular flexibility index (Phi) is 7.40. The van der Waals surface area contributed by atoms with E-state index in [1.807, 2.05) is 25.7 Å². The summed E-state index contributed by atoms with van der Waals surface area (Å²) in [4.78, 5) is 13.8. The van der Waals surface area contributed by atoms with Gasteiger partial charge in [-0.3, -0.25) is 4.79 Å². The van der Waals surface area contributed by atoms with Crippen molar-refractivity contribution in [2.24, 2.45) is 11.7 Å². The lowest BCUT2D eigenvalue weighted by molar-refractivity contribution is -0.136. The van der Waals surface area contributed by atoms with Crippen LogP contribution in [0.1, 0.15) is 19.8 Å². The van der Waals surface area contributed by atoms with E-state index in [-0.39, 0.29) is 30.3 Å². The van der Waals surface area contributed by atoms with Crippen LogP contribution < -0.4 is 5.73 Å². The monoisotopic (exact) mass is 252 g/mol. The Hall–Kier alpha value is 0.0700. The summed E-state index contributed by atoms with van der Waals surface area (Å²) in [6.07, 6.45) is 2.07. The lowest BCUT2D eigenvalue weighted by atomic mass is 10.0. The van der Waals surface area contributed by atoms with E-state index >= 15 is 0 Å². The van der Waals surface area contributed by atoms with Crippen LogP contribution >= 0.6 is 24.2 Å². The maximum absolute atomic E-state index is 12.0. The number of nitrogens with two attached hydrogens (primary N) is 1. The molecule has 0 radical (unpaired) electrons. The highest BCUT2D eigenvalue weighted by Gasteiger charge is 2.25. The molecule has 90 valence electrons. The zero-order valence-corrected chi connectivity index (χ0v) is 11.1. The topological polar surface area (TPSA) is 46.3 Å². The molecule has 1 atom stereocenters. The van der Waals surface area contributed by atoms with Crippen molar-refractivity contribution in [3.8, 4) is 0 Å². The number of thioether (sulfide) groups is 1. The van der Waals surface area contributed by atoms with E-state index in [9.17, 15) is 4.79 Å². The predicted molar refractivity (Wildman–Crippen MR) is 68.6 cm³/mol. The van der Waals surface area contributed by atoms with E-state index in [1.54, 1.807) is 4.90 Å². The van der Waals surface area contributed by atoms with Gasteiger partial charge in [-0.2, -0.15) is 11.8 Å². The number of carbonyl (C=O) groups is 1. The number of hydrogen-bond acceptors (Lipinski definition) is 3. The van der Waals surface area contributed by atoms with E-state index < -0.39 is 0 Å². The summed E-state index contributed by atoms with van der Waals surface area (Å²) in [6.45, 7) is 2.54. The van der Waals surface area contributed by atoms with Crippen molar-refractivity contribution >= 4 is 30.1 Å². The molecule has 0 aromatic heterocycles. The van der Waals surface area contributed by atoms with Gasteiger partial charge in [-0.25, -0.2) is 0 Å². The standard InChI is InChI=1S/C10H20N2OS.ClH/c1-8(7-11)12(2)10(13)9-3-5-14-6-4-9;/h8-9H,3-7,11H2,1-2H3;1H. The van der Waals surface area contributed by atoms with Crippen LogP contribution in [0.5, 0.6) is 0 Å². The zero-order valence-electron chi connectivity index (χ0n) is 9.44. The molecule has 1 aliphatic heterocycles. The first-order chi connectivity index (χ1) is 6.66. The maximum atomic E-state index is 12.0. The minimum Gasteiger partial charge on any atom is -0.342 e. The summed E-state index contributed by atoms with van der Waals surface area (Å²) in [6, 6.07) is 0.164. The van der Waals surface area contributed by atoms with Gasteiger partial charge in [0, 0.05) is 25.6 Å². The second kappa shape index (κ2) is 7.36. The molecule has 1 rings (SSSR count). The van der Waals surface area contributed by atoms with Crippen LogP contribution in [0.2, 0.25) is 0 Å². The van der Waals surface area contributed by atoms with Crippen LogP contribution in [-0.2, 0) is 4.79 Å². The Bertz CT molecular complexity index is 194. The molecule has 0 aliphatic carbocycles. The molecule has 0 spiro atoms. The number of nitrogens with zero attached hydrogens (tertiary/aromatic N) is 1. The van der Waals surface area contributed by atoms with Gasteiger partial charge in [-0.1, -0.05) is 0 Å². The molecule has 0 aromatic carbocycles. The third-order valence-electron chi connectivity index (χ3n) is 2.92. The van der Waals surface area contributed by atoms with Gasteiger partial charge >= 0.3 is 0 Å². The number of rotatable bonds is 3. The summed E-state index contributed by atoms with van der Waals surface area (Å²) in [5.74, 6) is 2.78. The molecule has 1 saturated heterocycles. The fourth-order valence-electron chi connectivity index (χ4n) is 1.61. The van der Waals surface area contributed by atoms with Gasteiger partial charge in [0.2, 0.25) is 5.91 Å². The molecule has 2 N–H and O–H groups in total. The van der Waals surface area contributed by atoms with Gasteiger partial charge in [-0.05, 0) is 31.3 Å². The minimum atomic E-state index is 0. The molecule has 1 heterocycles. The van der Waals surface area contributed by atoms with Gasteiger partial charge in [0.1, 0.15) is 0 Å². The quantitative estimate of drug-likeness (QED) is 0.825. The van der Waals surface area contributed by atoms with Crippen molar-refractivity contribution in [2.45, 2.75) is 25.8 Å². The van der Waals surface area contributed by atoms with E-state index in [2.05, 4.69) is 0 Å². The Morgan fingerprint density at radius 2 is 2.07 bits per heavy atom. The van der Waals surface area contributed by atoms with Crippen LogP contribution in [0, 0.1) is 5.92 Å². The first kappa shape index (κ1) is 15.1. The molecule has 0 saturated carbocycles. The normalized spacial score (nSPS) is 19.1. The first-order valence-corrected chi connectivity index (χ1v) is 6.36. The van der Waals surface area contributed by atoms with E-state index in [4.69, 9.17) is 5.73 Å². The molecule has 0 bridgehead atoms. The van der Waals surface area contributed by atoms with Crippen molar-refractivity contribution in [3.05, 3.63) is 0 Å².